The Kier molecular flexibility index (Phi) is 70.9. The highest BCUT2D eigenvalue weighted by Crippen LogP contribution is 2.20. The van der Waals surface area contributed by atoms with Crippen molar-refractivity contribution in [2.45, 2.75) is 38.8 Å². The minimum absolute atomic E-state index is 0. The van der Waals surface area contributed by atoms with E-state index in [1.165, 1.54) is 47.6 Å². The molecule has 2 aromatic carbocycles. The lowest BCUT2D eigenvalue weighted by Crippen LogP contribution is -2.36. The Labute approximate surface area is 397 Å². The van der Waals surface area contributed by atoms with Crippen molar-refractivity contribution in [1.29, 1.82) is 0 Å². The van der Waals surface area contributed by atoms with Gasteiger partial charge in [-0.15, -0.1) is 136 Å². The molecule has 0 atom stereocenters. The van der Waals surface area contributed by atoms with Gasteiger partial charge in [0.1, 0.15) is 0 Å². The molecule has 4 rings (SSSR count). The van der Waals surface area contributed by atoms with E-state index in [4.69, 9.17) is 0 Å². The molecule has 320 valence electrons. The Morgan fingerprint density at radius 3 is 0.962 bits per heavy atom. The first kappa shape index (κ1) is 75.0. The van der Waals surface area contributed by atoms with Gasteiger partial charge in [0.15, 0.2) is 0 Å². The molecule has 0 aromatic heterocycles. The van der Waals surface area contributed by atoms with Crippen LogP contribution in [-0.2, 0) is 13.1 Å². The predicted molar refractivity (Wildman–Crippen MR) is 267 cm³/mol. The molecule has 2 aliphatic rings. The van der Waals surface area contributed by atoms with Crippen LogP contribution in [0.3, 0.4) is 0 Å². The molecular weight excluding hydrogens is 1200 g/mol. The van der Waals surface area contributed by atoms with E-state index in [9.17, 15) is 0 Å². The summed E-state index contributed by atoms with van der Waals surface area (Å²) in [5.74, 6) is 0. The zero-order valence-electron chi connectivity index (χ0n) is 30.2. The van der Waals surface area contributed by atoms with E-state index >= 15 is 0 Å². The molecule has 2 heterocycles. The molecule has 2 aromatic rings. The first-order valence-corrected chi connectivity index (χ1v) is 16.1. The molecule has 0 aliphatic carbocycles. The topological polar surface area (TPSA) is 205 Å². The van der Waals surface area contributed by atoms with Crippen LogP contribution in [0.1, 0.15) is 36.8 Å². The summed E-state index contributed by atoms with van der Waals surface area (Å²) in [6, 6.07) is 14.2. The van der Waals surface area contributed by atoms with E-state index in [0.29, 0.717) is 0 Å². The highest BCUT2D eigenvalue weighted by atomic mass is 79.9. The summed E-state index contributed by atoms with van der Waals surface area (Å²) < 4.78 is 0. The molecule has 0 amide bonds. The third-order valence-corrected chi connectivity index (χ3v) is 8.02. The van der Waals surface area contributed by atoms with Crippen molar-refractivity contribution in [3.8, 4) is 0 Å². The maximum atomic E-state index is 3.64. The van der Waals surface area contributed by atoms with Gasteiger partial charge < -0.3 is 53.8 Å². The van der Waals surface area contributed by atoms with Crippen molar-refractivity contribution in [1.82, 2.24) is 41.7 Å². The van der Waals surface area contributed by atoms with E-state index in [2.05, 4.69) is 78.1 Å². The SMILES string of the molecule is Br.Br.Br.Br.Br.Br.Br.Br.O.O.O.O.c1cc2cc(CN3CCCNCCNCCCNCC3)ccc2cc1CN1CCCNCCNCCCNCC1. The third kappa shape index (κ3) is 33.1. The Balaban J connectivity index is -0.000000220. The first-order chi connectivity index (χ1) is 19.9. The molecule has 2 aliphatic heterocycles. The number of nitrogens with one attached hydrogen (secondary N) is 6. The number of fused-ring (bicyclic) bond motifs is 1. The number of rotatable bonds is 4. The summed E-state index contributed by atoms with van der Waals surface area (Å²) in [6.07, 6.45) is 4.76. The van der Waals surface area contributed by atoms with Gasteiger partial charge in [0, 0.05) is 65.4 Å². The van der Waals surface area contributed by atoms with Crippen molar-refractivity contribution < 1.29 is 21.9 Å². The van der Waals surface area contributed by atoms with Gasteiger partial charge in [0.25, 0.3) is 0 Å². The fourth-order valence-electron chi connectivity index (χ4n) is 5.71. The lowest BCUT2D eigenvalue weighted by atomic mass is 10.0. The van der Waals surface area contributed by atoms with Crippen LogP contribution < -0.4 is 31.9 Å². The summed E-state index contributed by atoms with van der Waals surface area (Å²) in [5.41, 5.74) is 2.84. The lowest BCUT2D eigenvalue weighted by molar-refractivity contribution is 0.260. The van der Waals surface area contributed by atoms with Crippen LogP contribution in [-0.4, -0.2) is 136 Å². The number of benzene rings is 2. The van der Waals surface area contributed by atoms with Crippen molar-refractivity contribution in [2.24, 2.45) is 0 Å². The van der Waals surface area contributed by atoms with Crippen LogP contribution in [0.25, 0.3) is 10.8 Å². The minimum atomic E-state index is 0. The molecule has 52 heavy (non-hydrogen) atoms. The van der Waals surface area contributed by atoms with Crippen molar-refractivity contribution in [3.63, 3.8) is 0 Å². The molecule has 14 N–H and O–H groups in total. The highest BCUT2D eigenvalue weighted by molar-refractivity contribution is 8.93. The van der Waals surface area contributed by atoms with Crippen LogP contribution in [0.15, 0.2) is 36.4 Å². The summed E-state index contributed by atoms with van der Waals surface area (Å²) in [6.45, 7) is 19.4. The Hall–Kier alpha value is 2.06. The summed E-state index contributed by atoms with van der Waals surface area (Å²) in [7, 11) is 0. The van der Waals surface area contributed by atoms with Crippen LogP contribution in [0.2, 0.25) is 0 Å². The Morgan fingerprint density at radius 1 is 0.346 bits per heavy atom. The Morgan fingerprint density at radius 2 is 0.635 bits per heavy atom. The molecule has 2 saturated heterocycles. The summed E-state index contributed by atoms with van der Waals surface area (Å²) >= 11 is 0. The second-order valence-electron chi connectivity index (χ2n) is 11.5. The second-order valence-corrected chi connectivity index (χ2v) is 11.5. The van der Waals surface area contributed by atoms with Gasteiger partial charge in [-0.25, -0.2) is 0 Å². The van der Waals surface area contributed by atoms with Gasteiger partial charge in [0.2, 0.25) is 0 Å². The zero-order valence-corrected chi connectivity index (χ0v) is 43.9. The maximum Gasteiger partial charge on any atom is 0.0234 e. The normalized spacial score (nSPS) is 16.8. The predicted octanol–water partition coefficient (Wildman–Crippen LogP) is 2.89. The molecule has 12 nitrogen and oxygen atoms in total. The molecule has 0 radical (unpaired) electrons. The molecule has 0 unspecified atom stereocenters. The van der Waals surface area contributed by atoms with E-state index in [1.54, 1.807) is 0 Å². The monoisotopic (exact) mass is 1260 g/mol. The van der Waals surface area contributed by atoms with E-state index < -0.39 is 0 Å². The molecule has 2 fully saturated rings. The fourth-order valence-corrected chi connectivity index (χ4v) is 5.71. The standard InChI is InChI=1S/C32H56N8.8BrH.4H2O/c1-9-33-15-17-35-13-3-21-39(23-19-37-11-1)27-29-5-7-32-26-30(6-8-31(32)25-29)28-40-22-4-14-36-18-16-34-10-2-12-38-20-24-40;;;;;;;;;;;;/h5-8,25-26,33-38H,1-4,9-24,27-28H2;8*1H;4*1H2. The van der Waals surface area contributed by atoms with Crippen LogP contribution in [0.5, 0.6) is 0 Å². The zero-order chi connectivity index (χ0) is 27.5. The Bertz CT molecular complexity index is 887. The largest absolute Gasteiger partial charge is 0.412 e. The molecule has 0 bridgehead atoms. The first-order valence-electron chi connectivity index (χ1n) is 16.1. The van der Waals surface area contributed by atoms with Gasteiger partial charge >= 0.3 is 0 Å². The van der Waals surface area contributed by atoms with Crippen molar-refractivity contribution in [3.05, 3.63) is 47.5 Å². The number of halogens is 8. The number of hydrogen-bond donors (Lipinski definition) is 6. The molecular formula is C32H72Br8N8O4. The van der Waals surface area contributed by atoms with E-state index in [1.807, 2.05) is 0 Å². The number of nitrogens with zero attached hydrogens (tertiary/aromatic N) is 2. The summed E-state index contributed by atoms with van der Waals surface area (Å²) in [4.78, 5) is 5.24. The van der Waals surface area contributed by atoms with E-state index in [-0.39, 0.29) is 158 Å². The average Bonchev–Trinajstić information content (AvgIpc) is 2.97. The quantitative estimate of drug-likeness (QED) is 0.268. The van der Waals surface area contributed by atoms with Gasteiger partial charge in [-0.05, 0) is 112 Å². The average molecular weight is 1270 g/mol. The smallest absolute Gasteiger partial charge is 0.0234 e. The molecule has 20 heteroatoms. The summed E-state index contributed by atoms with van der Waals surface area (Å²) in [5, 5.41) is 24.2. The van der Waals surface area contributed by atoms with Crippen molar-refractivity contribution in [2.75, 3.05) is 105 Å². The van der Waals surface area contributed by atoms with Crippen LogP contribution in [0.4, 0.5) is 0 Å². The van der Waals surface area contributed by atoms with Gasteiger partial charge in [-0.3, -0.25) is 9.80 Å². The van der Waals surface area contributed by atoms with Gasteiger partial charge in [0.05, 0.1) is 0 Å². The second kappa shape index (κ2) is 49.2. The molecule has 0 spiro atoms. The fraction of sp³-hybridized carbons (Fsp3) is 0.688. The number of hydrogen-bond acceptors (Lipinski definition) is 8. The van der Waals surface area contributed by atoms with E-state index in [0.717, 1.165) is 118 Å². The van der Waals surface area contributed by atoms with Crippen LogP contribution in [0, 0.1) is 0 Å². The third-order valence-electron chi connectivity index (χ3n) is 8.02. The van der Waals surface area contributed by atoms with Gasteiger partial charge in [-0.1, -0.05) is 24.3 Å². The minimum Gasteiger partial charge on any atom is -0.412 e. The maximum absolute atomic E-state index is 3.64. The van der Waals surface area contributed by atoms with Crippen LogP contribution >= 0.6 is 136 Å². The lowest BCUT2D eigenvalue weighted by Gasteiger charge is -2.24. The molecule has 0 saturated carbocycles. The highest BCUT2D eigenvalue weighted by Gasteiger charge is 2.10. The van der Waals surface area contributed by atoms with Gasteiger partial charge in [-0.2, -0.15) is 0 Å². The van der Waals surface area contributed by atoms with Crippen molar-refractivity contribution >= 4 is 147 Å².